The van der Waals surface area contributed by atoms with Crippen molar-refractivity contribution in [1.82, 2.24) is 4.90 Å². The Kier molecular flexibility index (Phi) is 3.25. The van der Waals surface area contributed by atoms with Crippen LogP contribution in [0.4, 0.5) is 0 Å². The topological polar surface area (TPSA) is 57.6 Å². The Morgan fingerprint density at radius 2 is 2.06 bits per heavy atom. The van der Waals surface area contributed by atoms with Crippen molar-refractivity contribution in [2.45, 2.75) is 45.1 Å². The summed E-state index contributed by atoms with van der Waals surface area (Å²) >= 11 is 0. The second-order valence-corrected chi connectivity index (χ2v) is 5.50. The van der Waals surface area contributed by atoms with Crippen molar-refractivity contribution in [2.24, 2.45) is 11.8 Å². The second-order valence-electron chi connectivity index (χ2n) is 5.50. The van der Waals surface area contributed by atoms with Gasteiger partial charge in [0.2, 0.25) is 5.91 Å². The number of rotatable bonds is 2. The number of aliphatic hydroxyl groups is 1. The van der Waals surface area contributed by atoms with Crippen molar-refractivity contribution >= 4 is 11.7 Å². The summed E-state index contributed by atoms with van der Waals surface area (Å²) in [6, 6.07) is 0. The van der Waals surface area contributed by atoms with E-state index >= 15 is 0 Å². The number of hydrogen-bond acceptors (Lipinski definition) is 3. The standard InChI is InChI=1S/C13H21NO3/c1-3-9-10(8-13(2,17)11(9)15)12(16)14-6-4-5-7-14/h9-10,17H,3-8H2,1-2H3/t9-,10+,13+/m1/s1. The van der Waals surface area contributed by atoms with Gasteiger partial charge < -0.3 is 10.0 Å². The molecule has 1 saturated carbocycles. The predicted octanol–water partition coefficient (Wildman–Crippen LogP) is 0.975. The first kappa shape index (κ1) is 12.6. The summed E-state index contributed by atoms with van der Waals surface area (Å²) in [5.41, 5.74) is -1.30. The van der Waals surface area contributed by atoms with Crippen molar-refractivity contribution in [3.05, 3.63) is 0 Å². The van der Waals surface area contributed by atoms with Gasteiger partial charge in [0, 0.05) is 19.0 Å². The van der Waals surface area contributed by atoms with E-state index < -0.39 is 5.60 Å². The van der Waals surface area contributed by atoms with Gasteiger partial charge in [-0.25, -0.2) is 0 Å². The summed E-state index contributed by atoms with van der Waals surface area (Å²) in [6.45, 7) is 5.06. The first-order valence-electron chi connectivity index (χ1n) is 6.53. The van der Waals surface area contributed by atoms with Crippen molar-refractivity contribution in [2.75, 3.05) is 13.1 Å². The molecular weight excluding hydrogens is 218 g/mol. The number of likely N-dealkylation sites (tertiary alicyclic amines) is 1. The third-order valence-corrected chi connectivity index (χ3v) is 4.15. The highest BCUT2D eigenvalue weighted by atomic mass is 16.3. The van der Waals surface area contributed by atoms with E-state index in [4.69, 9.17) is 0 Å². The largest absolute Gasteiger partial charge is 0.382 e. The first-order chi connectivity index (χ1) is 7.97. The van der Waals surface area contributed by atoms with Crippen LogP contribution in [0.15, 0.2) is 0 Å². The Bertz CT molecular complexity index is 332. The monoisotopic (exact) mass is 239 g/mol. The molecule has 3 atom stereocenters. The second kappa shape index (κ2) is 4.41. The maximum Gasteiger partial charge on any atom is 0.226 e. The number of amides is 1. The van der Waals surface area contributed by atoms with Gasteiger partial charge in [-0.05, 0) is 32.6 Å². The molecular formula is C13H21NO3. The number of ketones is 1. The molecule has 1 heterocycles. The van der Waals surface area contributed by atoms with E-state index in [9.17, 15) is 14.7 Å². The zero-order chi connectivity index (χ0) is 12.6. The summed E-state index contributed by atoms with van der Waals surface area (Å²) in [4.78, 5) is 26.1. The molecule has 1 aliphatic carbocycles. The van der Waals surface area contributed by atoms with Crippen LogP contribution in [0.25, 0.3) is 0 Å². The van der Waals surface area contributed by atoms with Gasteiger partial charge in [0.05, 0.1) is 5.92 Å². The van der Waals surface area contributed by atoms with Crippen LogP contribution in [0, 0.1) is 11.8 Å². The number of carbonyl (C=O) groups is 2. The van der Waals surface area contributed by atoms with Gasteiger partial charge in [-0.2, -0.15) is 0 Å². The fourth-order valence-corrected chi connectivity index (χ4v) is 3.15. The van der Waals surface area contributed by atoms with Gasteiger partial charge in [-0.15, -0.1) is 0 Å². The number of nitrogens with zero attached hydrogens (tertiary/aromatic N) is 1. The summed E-state index contributed by atoms with van der Waals surface area (Å²) < 4.78 is 0. The van der Waals surface area contributed by atoms with Crippen LogP contribution in [0.5, 0.6) is 0 Å². The lowest BCUT2D eigenvalue weighted by atomic mass is 9.92. The Hall–Kier alpha value is -0.900. The summed E-state index contributed by atoms with van der Waals surface area (Å²) in [5.74, 6) is -0.684. The Morgan fingerprint density at radius 3 is 2.59 bits per heavy atom. The molecule has 0 bridgehead atoms. The van der Waals surface area contributed by atoms with E-state index in [2.05, 4.69) is 0 Å². The highest BCUT2D eigenvalue weighted by Gasteiger charge is 2.51. The van der Waals surface area contributed by atoms with Gasteiger partial charge >= 0.3 is 0 Å². The minimum absolute atomic E-state index is 0.0699. The summed E-state index contributed by atoms with van der Waals surface area (Å²) in [6.07, 6.45) is 3.04. The molecule has 4 heteroatoms. The molecule has 0 spiro atoms. The molecule has 0 radical (unpaired) electrons. The number of Topliss-reactive ketones (excluding diaryl/α,β-unsaturated/α-hetero) is 1. The molecule has 0 aromatic heterocycles. The van der Waals surface area contributed by atoms with E-state index in [1.807, 2.05) is 11.8 Å². The summed E-state index contributed by atoms with van der Waals surface area (Å²) in [7, 11) is 0. The molecule has 4 nitrogen and oxygen atoms in total. The summed E-state index contributed by atoms with van der Waals surface area (Å²) in [5, 5.41) is 10.0. The van der Waals surface area contributed by atoms with Crippen LogP contribution in [-0.2, 0) is 9.59 Å². The third-order valence-electron chi connectivity index (χ3n) is 4.15. The van der Waals surface area contributed by atoms with Gasteiger partial charge in [-0.1, -0.05) is 6.92 Å². The number of carbonyl (C=O) groups excluding carboxylic acids is 2. The van der Waals surface area contributed by atoms with E-state index in [1.54, 1.807) is 0 Å². The fourth-order valence-electron chi connectivity index (χ4n) is 3.15. The molecule has 17 heavy (non-hydrogen) atoms. The van der Waals surface area contributed by atoms with Crippen molar-refractivity contribution in [3.63, 3.8) is 0 Å². The molecule has 0 aromatic rings. The lowest BCUT2D eigenvalue weighted by Gasteiger charge is -2.22. The number of hydrogen-bond donors (Lipinski definition) is 1. The van der Waals surface area contributed by atoms with Gasteiger partial charge in [0.15, 0.2) is 5.78 Å². The lowest BCUT2D eigenvalue weighted by molar-refractivity contribution is -0.138. The van der Waals surface area contributed by atoms with Gasteiger partial charge in [-0.3, -0.25) is 9.59 Å². The highest BCUT2D eigenvalue weighted by Crippen LogP contribution is 2.39. The van der Waals surface area contributed by atoms with Crippen LogP contribution in [0.3, 0.4) is 0 Å². The predicted molar refractivity (Wildman–Crippen MR) is 63.3 cm³/mol. The minimum atomic E-state index is -1.30. The first-order valence-corrected chi connectivity index (χ1v) is 6.53. The molecule has 2 rings (SSSR count). The fraction of sp³-hybridized carbons (Fsp3) is 0.846. The van der Waals surface area contributed by atoms with Crippen LogP contribution < -0.4 is 0 Å². The zero-order valence-corrected chi connectivity index (χ0v) is 10.6. The van der Waals surface area contributed by atoms with Crippen LogP contribution in [0.2, 0.25) is 0 Å². The van der Waals surface area contributed by atoms with E-state index in [0.717, 1.165) is 25.9 Å². The maximum atomic E-state index is 12.3. The average Bonchev–Trinajstić information content (AvgIpc) is 2.86. The van der Waals surface area contributed by atoms with Gasteiger partial charge in [0.1, 0.15) is 5.60 Å². The van der Waals surface area contributed by atoms with E-state index in [0.29, 0.717) is 12.8 Å². The molecule has 96 valence electrons. The quantitative estimate of drug-likeness (QED) is 0.781. The molecule has 1 N–H and O–H groups in total. The average molecular weight is 239 g/mol. The SMILES string of the molecule is CC[C@H]1C(=O)[C@@](C)(O)C[C@@H]1C(=O)N1CCCC1. The zero-order valence-electron chi connectivity index (χ0n) is 10.6. The van der Waals surface area contributed by atoms with Gasteiger partial charge in [0.25, 0.3) is 0 Å². The van der Waals surface area contributed by atoms with Crippen LogP contribution in [-0.4, -0.2) is 40.4 Å². The van der Waals surface area contributed by atoms with Crippen LogP contribution in [0.1, 0.15) is 39.5 Å². The van der Waals surface area contributed by atoms with E-state index in [-0.39, 0.29) is 23.5 Å². The molecule has 2 aliphatic rings. The Balaban J connectivity index is 2.14. The molecule has 1 aliphatic heterocycles. The highest BCUT2D eigenvalue weighted by molar-refractivity contribution is 5.97. The van der Waals surface area contributed by atoms with Crippen molar-refractivity contribution in [3.8, 4) is 0 Å². The molecule has 0 unspecified atom stereocenters. The van der Waals surface area contributed by atoms with E-state index in [1.165, 1.54) is 6.92 Å². The maximum absolute atomic E-state index is 12.3. The molecule has 2 fully saturated rings. The van der Waals surface area contributed by atoms with Crippen LogP contribution >= 0.6 is 0 Å². The van der Waals surface area contributed by atoms with Crippen molar-refractivity contribution < 1.29 is 14.7 Å². The molecule has 1 amide bonds. The minimum Gasteiger partial charge on any atom is -0.382 e. The smallest absolute Gasteiger partial charge is 0.226 e. The van der Waals surface area contributed by atoms with Crippen molar-refractivity contribution in [1.29, 1.82) is 0 Å². The Morgan fingerprint density at radius 1 is 1.47 bits per heavy atom. The lowest BCUT2D eigenvalue weighted by Crippen LogP contribution is -2.36. The third kappa shape index (κ3) is 2.10. The molecule has 0 aromatic carbocycles. The molecule has 1 saturated heterocycles. The normalized spacial score (nSPS) is 37.8. The Labute approximate surface area is 102 Å².